The number of piperidine rings is 1. The summed E-state index contributed by atoms with van der Waals surface area (Å²) in [6, 6.07) is 9.41. The van der Waals surface area contributed by atoms with Gasteiger partial charge in [-0.05, 0) is 61.1 Å². The molecule has 3 aromatic rings. The minimum atomic E-state index is -0.520. The third-order valence-electron chi connectivity index (χ3n) is 6.90. The number of ether oxygens (including phenoxy) is 2. The highest BCUT2D eigenvalue weighted by Gasteiger charge is 2.33. The van der Waals surface area contributed by atoms with Crippen molar-refractivity contribution in [1.29, 1.82) is 0 Å². The highest BCUT2D eigenvalue weighted by Crippen LogP contribution is 2.44. The summed E-state index contributed by atoms with van der Waals surface area (Å²) in [4.78, 5) is 27.5. The van der Waals surface area contributed by atoms with Crippen LogP contribution in [0.3, 0.4) is 0 Å². The summed E-state index contributed by atoms with van der Waals surface area (Å²) in [5.74, 6) is 0.587. The first-order valence-corrected chi connectivity index (χ1v) is 11.3. The zero-order chi connectivity index (χ0) is 22.5. The van der Waals surface area contributed by atoms with E-state index in [2.05, 4.69) is 22.3 Å². The zero-order valence-corrected chi connectivity index (χ0v) is 17.9. The van der Waals surface area contributed by atoms with E-state index >= 15 is 0 Å². The molecule has 1 fully saturated rings. The Morgan fingerprint density at radius 2 is 1.82 bits per heavy atom. The third kappa shape index (κ3) is 3.64. The lowest BCUT2D eigenvalue weighted by Crippen LogP contribution is -2.45. The fourth-order valence-corrected chi connectivity index (χ4v) is 5.21. The van der Waals surface area contributed by atoms with Crippen LogP contribution in [-0.4, -0.2) is 36.7 Å². The van der Waals surface area contributed by atoms with Crippen LogP contribution < -0.4 is 20.2 Å². The number of likely N-dealkylation sites (tertiary alicyclic amines) is 1. The number of hydrogen-bond donors (Lipinski definition) is 1. The summed E-state index contributed by atoms with van der Waals surface area (Å²) in [5, 5.41) is 3.23. The number of carbonyl (C=O) groups excluding carboxylic acids is 1. The predicted molar refractivity (Wildman–Crippen MR) is 118 cm³/mol. The summed E-state index contributed by atoms with van der Waals surface area (Å²) in [6.07, 6.45) is 3.69. The molecule has 2 aliphatic heterocycles. The molecule has 0 unspecified atom stereocenters. The molecule has 0 saturated carbocycles. The number of amides is 1. The number of aryl methyl sites for hydroxylation is 1. The van der Waals surface area contributed by atoms with Crippen molar-refractivity contribution in [2.75, 3.05) is 19.9 Å². The number of carbonyl (C=O) groups is 1. The van der Waals surface area contributed by atoms with Crippen molar-refractivity contribution < 1.29 is 23.1 Å². The van der Waals surface area contributed by atoms with Gasteiger partial charge in [-0.25, -0.2) is 4.39 Å². The normalized spacial score (nSPS) is 20.2. The molecule has 3 heterocycles. The second kappa shape index (κ2) is 7.88. The number of benzene rings is 2. The Balaban J connectivity index is 1.12. The smallest absolute Gasteiger partial charge is 0.287 e. The number of nitrogens with one attached hydrogen (secondary N) is 1. The Kier molecular flexibility index (Phi) is 4.83. The van der Waals surface area contributed by atoms with Crippen LogP contribution in [0, 0.1) is 5.82 Å². The van der Waals surface area contributed by atoms with Gasteiger partial charge in [-0.3, -0.25) is 14.5 Å². The molecular formula is C25H23FN2O5. The van der Waals surface area contributed by atoms with Crippen molar-refractivity contribution in [3.8, 4) is 11.5 Å². The number of halogens is 1. The Hall–Kier alpha value is -3.39. The average molecular weight is 450 g/mol. The highest BCUT2D eigenvalue weighted by atomic mass is 19.1. The predicted octanol–water partition coefficient (Wildman–Crippen LogP) is 3.54. The maximum atomic E-state index is 13.5. The van der Waals surface area contributed by atoms with Crippen molar-refractivity contribution in [3.05, 3.63) is 69.3 Å². The SMILES string of the molecule is O=C(NC1CCN([C@@H]2CCc3cc4c(cc32)OCO4)CC1)c1cc(=O)c2ccc(F)cc2o1. The van der Waals surface area contributed by atoms with E-state index in [1.807, 2.05) is 0 Å². The van der Waals surface area contributed by atoms with Crippen LogP contribution in [0.5, 0.6) is 11.5 Å². The molecule has 33 heavy (non-hydrogen) atoms. The first kappa shape index (κ1) is 20.2. The van der Waals surface area contributed by atoms with E-state index in [1.165, 1.54) is 29.3 Å². The van der Waals surface area contributed by atoms with E-state index < -0.39 is 11.7 Å². The van der Waals surface area contributed by atoms with Gasteiger partial charge in [-0.2, -0.15) is 0 Å². The van der Waals surface area contributed by atoms with E-state index in [0.29, 0.717) is 6.04 Å². The number of fused-ring (bicyclic) bond motifs is 3. The molecule has 1 aliphatic carbocycles. The first-order valence-electron chi connectivity index (χ1n) is 11.3. The molecule has 8 heteroatoms. The molecule has 170 valence electrons. The van der Waals surface area contributed by atoms with Gasteiger partial charge in [-0.1, -0.05) is 0 Å². The molecule has 3 aliphatic rings. The lowest BCUT2D eigenvalue weighted by atomic mass is 9.99. The molecule has 2 aromatic carbocycles. The molecule has 0 radical (unpaired) electrons. The summed E-state index contributed by atoms with van der Waals surface area (Å²) >= 11 is 0. The molecule has 0 bridgehead atoms. The second-order valence-corrected chi connectivity index (χ2v) is 8.86. The minimum Gasteiger partial charge on any atom is -0.454 e. The molecule has 1 amide bonds. The van der Waals surface area contributed by atoms with Gasteiger partial charge < -0.3 is 19.2 Å². The summed E-state index contributed by atoms with van der Waals surface area (Å²) in [6.45, 7) is 1.99. The largest absolute Gasteiger partial charge is 0.454 e. The molecule has 1 N–H and O–H groups in total. The Labute approximate surface area is 189 Å². The fourth-order valence-electron chi connectivity index (χ4n) is 5.21. The molecular weight excluding hydrogens is 427 g/mol. The van der Waals surface area contributed by atoms with E-state index in [0.717, 1.165) is 56.3 Å². The Bertz CT molecular complexity index is 1310. The number of hydrogen-bond acceptors (Lipinski definition) is 6. The van der Waals surface area contributed by atoms with E-state index in [4.69, 9.17) is 13.9 Å². The zero-order valence-electron chi connectivity index (χ0n) is 17.9. The van der Waals surface area contributed by atoms with Gasteiger partial charge in [0.1, 0.15) is 11.4 Å². The van der Waals surface area contributed by atoms with Crippen LogP contribution >= 0.6 is 0 Å². The Morgan fingerprint density at radius 3 is 2.64 bits per heavy atom. The molecule has 7 nitrogen and oxygen atoms in total. The molecule has 6 rings (SSSR count). The van der Waals surface area contributed by atoms with Crippen molar-refractivity contribution in [2.45, 2.75) is 37.8 Å². The topological polar surface area (TPSA) is 81.0 Å². The van der Waals surface area contributed by atoms with Crippen LogP contribution in [0.15, 0.2) is 45.6 Å². The van der Waals surface area contributed by atoms with E-state index in [9.17, 15) is 14.0 Å². The third-order valence-corrected chi connectivity index (χ3v) is 6.90. The average Bonchev–Trinajstić information content (AvgIpc) is 3.44. The van der Waals surface area contributed by atoms with Crippen LogP contribution in [0.1, 0.15) is 47.0 Å². The fraction of sp³-hybridized carbons (Fsp3) is 0.360. The Morgan fingerprint density at radius 1 is 1.03 bits per heavy atom. The van der Waals surface area contributed by atoms with Gasteiger partial charge in [0.05, 0.1) is 5.39 Å². The summed E-state index contributed by atoms with van der Waals surface area (Å²) in [5.41, 5.74) is 2.34. The molecule has 0 spiro atoms. The van der Waals surface area contributed by atoms with Crippen LogP contribution in [0.2, 0.25) is 0 Å². The van der Waals surface area contributed by atoms with Gasteiger partial charge in [0.25, 0.3) is 5.91 Å². The molecule has 1 aromatic heterocycles. The van der Waals surface area contributed by atoms with Crippen molar-refractivity contribution >= 4 is 16.9 Å². The number of rotatable bonds is 3. The molecule has 1 atom stereocenters. The van der Waals surface area contributed by atoms with E-state index in [-0.39, 0.29) is 35.0 Å². The van der Waals surface area contributed by atoms with E-state index in [1.54, 1.807) is 0 Å². The molecule has 1 saturated heterocycles. The maximum Gasteiger partial charge on any atom is 0.287 e. The van der Waals surface area contributed by atoms with Gasteiger partial charge in [0.15, 0.2) is 22.7 Å². The number of nitrogens with zero attached hydrogens (tertiary/aromatic N) is 1. The monoisotopic (exact) mass is 450 g/mol. The van der Waals surface area contributed by atoms with Crippen LogP contribution in [0.25, 0.3) is 11.0 Å². The van der Waals surface area contributed by atoms with Crippen LogP contribution in [-0.2, 0) is 6.42 Å². The van der Waals surface area contributed by atoms with Crippen molar-refractivity contribution in [1.82, 2.24) is 10.2 Å². The quantitative estimate of drug-likeness (QED) is 0.658. The standard InChI is InChI=1S/C25H23FN2O5/c26-15-2-3-17-20(29)12-24(33-21(17)10-15)25(30)27-16-5-7-28(8-6-16)19-4-1-14-9-22-23(11-18(14)19)32-13-31-22/h2-3,9-12,16,19H,1,4-8,13H2,(H,27,30)/t19-/m1/s1. The summed E-state index contributed by atoms with van der Waals surface area (Å²) in [7, 11) is 0. The highest BCUT2D eigenvalue weighted by molar-refractivity contribution is 5.93. The minimum absolute atomic E-state index is 0.0140. The van der Waals surface area contributed by atoms with Crippen molar-refractivity contribution in [2.24, 2.45) is 0 Å². The van der Waals surface area contributed by atoms with Crippen molar-refractivity contribution in [3.63, 3.8) is 0 Å². The van der Waals surface area contributed by atoms with Gasteiger partial charge in [-0.15, -0.1) is 0 Å². The lowest BCUT2D eigenvalue weighted by Gasteiger charge is -2.36. The summed E-state index contributed by atoms with van der Waals surface area (Å²) < 4.78 is 30.1. The van der Waals surface area contributed by atoms with Gasteiger partial charge >= 0.3 is 0 Å². The second-order valence-electron chi connectivity index (χ2n) is 8.86. The van der Waals surface area contributed by atoms with Crippen LogP contribution in [0.4, 0.5) is 4.39 Å². The van der Waals surface area contributed by atoms with Gasteiger partial charge in [0.2, 0.25) is 6.79 Å². The lowest BCUT2D eigenvalue weighted by molar-refractivity contribution is 0.0863. The first-order chi connectivity index (χ1) is 16.0. The maximum absolute atomic E-state index is 13.5. The van der Waals surface area contributed by atoms with Gasteiger partial charge in [0, 0.05) is 37.3 Å².